The highest BCUT2D eigenvalue weighted by atomic mass is 19.1. The van der Waals surface area contributed by atoms with Gasteiger partial charge in [-0.15, -0.1) is 0 Å². The van der Waals surface area contributed by atoms with Crippen LogP contribution in [0.2, 0.25) is 0 Å². The van der Waals surface area contributed by atoms with Gasteiger partial charge in [0.1, 0.15) is 18.0 Å². The summed E-state index contributed by atoms with van der Waals surface area (Å²) in [6, 6.07) is 10.2. The molecule has 128 valence electrons. The van der Waals surface area contributed by atoms with Gasteiger partial charge in [0, 0.05) is 30.7 Å². The summed E-state index contributed by atoms with van der Waals surface area (Å²) in [5.41, 5.74) is 1.34. The van der Waals surface area contributed by atoms with E-state index in [1.807, 2.05) is 18.2 Å². The van der Waals surface area contributed by atoms with Gasteiger partial charge < -0.3 is 10.0 Å². The zero-order chi connectivity index (χ0) is 17.2. The minimum Gasteiger partial charge on any atom is -0.387 e. The summed E-state index contributed by atoms with van der Waals surface area (Å²) in [6.45, 7) is 1.58. The molecule has 1 N–H and O–H groups in total. The number of hydrogen-bond acceptors (Lipinski definition) is 5. The molecule has 0 saturated carbocycles. The van der Waals surface area contributed by atoms with Crippen molar-refractivity contribution in [1.29, 1.82) is 0 Å². The zero-order valence-corrected chi connectivity index (χ0v) is 13.7. The van der Waals surface area contributed by atoms with Crippen molar-refractivity contribution in [2.45, 2.75) is 18.9 Å². The van der Waals surface area contributed by atoms with Gasteiger partial charge in [0.25, 0.3) is 0 Å². The van der Waals surface area contributed by atoms with Crippen molar-refractivity contribution < 1.29 is 9.50 Å². The highest BCUT2D eigenvalue weighted by Gasteiger charge is 2.28. The predicted octanol–water partition coefficient (Wildman–Crippen LogP) is 3.11. The second-order valence-electron chi connectivity index (χ2n) is 6.38. The van der Waals surface area contributed by atoms with Crippen molar-refractivity contribution in [3.63, 3.8) is 0 Å². The van der Waals surface area contributed by atoms with E-state index < -0.39 is 6.10 Å². The van der Waals surface area contributed by atoms with Gasteiger partial charge in [0.2, 0.25) is 0 Å². The van der Waals surface area contributed by atoms with Crippen molar-refractivity contribution in [3.8, 4) is 0 Å². The first-order valence-corrected chi connectivity index (χ1v) is 8.46. The molecule has 1 atom stereocenters. The summed E-state index contributed by atoms with van der Waals surface area (Å²) < 4.78 is 13.4. The number of aliphatic hydroxyl groups excluding tert-OH is 1. The molecule has 4 rings (SSSR count). The second-order valence-corrected chi connectivity index (χ2v) is 6.38. The van der Waals surface area contributed by atoms with Crippen LogP contribution in [0.15, 0.2) is 48.9 Å². The Labute approximate surface area is 145 Å². The number of anilines is 1. The van der Waals surface area contributed by atoms with E-state index in [1.54, 1.807) is 12.3 Å². The number of rotatable bonds is 3. The summed E-state index contributed by atoms with van der Waals surface area (Å²) in [5, 5.41) is 11.4. The third kappa shape index (κ3) is 3.17. The third-order valence-electron chi connectivity index (χ3n) is 4.85. The number of pyridine rings is 1. The quantitative estimate of drug-likeness (QED) is 0.795. The second kappa shape index (κ2) is 6.72. The number of aliphatic hydroxyl groups is 1. The summed E-state index contributed by atoms with van der Waals surface area (Å²) in [6.07, 6.45) is 4.35. The summed E-state index contributed by atoms with van der Waals surface area (Å²) >= 11 is 0. The molecule has 1 saturated heterocycles. The number of hydrogen-bond donors (Lipinski definition) is 1. The molecule has 1 fully saturated rings. The number of benzene rings is 1. The van der Waals surface area contributed by atoms with Gasteiger partial charge in [-0.2, -0.15) is 0 Å². The molecule has 5 nitrogen and oxygen atoms in total. The highest BCUT2D eigenvalue weighted by Crippen LogP contribution is 2.33. The fourth-order valence-corrected chi connectivity index (χ4v) is 3.49. The van der Waals surface area contributed by atoms with Crippen LogP contribution in [0.1, 0.15) is 24.6 Å². The van der Waals surface area contributed by atoms with E-state index in [2.05, 4.69) is 19.9 Å². The molecule has 6 heteroatoms. The van der Waals surface area contributed by atoms with Crippen molar-refractivity contribution in [3.05, 3.63) is 60.4 Å². The molecule has 1 aliphatic heterocycles. The summed E-state index contributed by atoms with van der Waals surface area (Å²) in [4.78, 5) is 15.0. The Morgan fingerprint density at radius 2 is 1.92 bits per heavy atom. The van der Waals surface area contributed by atoms with Crippen molar-refractivity contribution in [2.24, 2.45) is 5.92 Å². The smallest absolute Gasteiger partial charge is 0.139 e. The molecule has 0 aliphatic carbocycles. The Kier molecular flexibility index (Phi) is 4.28. The maximum absolute atomic E-state index is 13.4. The maximum atomic E-state index is 13.4. The Morgan fingerprint density at radius 1 is 1.08 bits per heavy atom. The van der Waals surface area contributed by atoms with E-state index in [0.29, 0.717) is 5.52 Å². The largest absolute Gasteiger partial charge is 0.387 e. The van der Waals surface area contributed by atoms with E-state index in [4.69, 9.17) is 0 Å². The van der Waals surface area contributed by atoms with Crippen molar-refractivity contribution in [2.75, 3.05) is 18.0 Å². The lowest BCUT2D eigenvalue weighted by Gasteiger charge is -2.35. The highest BCUT2D eigenvalue weighted by molar-refractivity contribution is 5.89. The molecule has 2 aromatic heterocycles. The average molecular weight is 338 g/mol. The first-order valence-electron chi connectivity index (χ1n) is 8.46. The molecule has 3 aromatic rings. The van der Waals surface area contributed by atoms with Gasteiger partial charge in [-0.3, -0.25) is 4.98 Å². The predicted molar refractivity (Wildman–Crippen MR) is 93.6 cm³/mol. The van der Waals surface area contributed by atoms with Crippen molar-refractivity contribution in [1.82, 2.24) is 15.0 Å². The lowest BCUT2D eigenvalue weighted by molar-refractivity contribution is 0.0890. The average Bonchev–Trinajstić information content (AvgIpc) is 2.67. The molecule has 0 amide bonds. The minimum atomic E-state index is -0.542. The van der Waals surface area contributed by atoms with Crippen LogP contribution >= 0.6 is 0 Å². The minimum absolute atomic E-state index is 0.177. The van der Waals surface area contributed by atoms with Crippen LogP contribution in [0, 0.1) is 11.7 Å². The Hall–Kier alpha value is -2.60. The van der Waals surface area contributed by atoms with Crippen molar-refractivity contribution >= 4 is 16.7 Å². The Balaban J connectivity index is 1.51. The fraction of sp³-hybridized carbons (Fsp3) is 0.316. The maximum Gasteiger partial charge on any atom is 0.139 e. The first kappa shape index (κ1) is 15.9. The molecule has 0 spiro atoms. The van der Waals surface area contributed by atoms with E-state index >= 15 is 0 Å². The van der Waals surface area contributed by atoms with Crippen LogP contribution in [0.5, 0.6) is 0 Å². The van der Waals surface area contributed by atoms with Gasteiger partial charge in [0.05, 0.1) is 17.3 Å². The molecule has 0 bridgehead atoms. The van der Waals surface area contributed by atoms with Crippen LogP contribution in [-0.4, -0.2) is 33.1 Å². The van der Waals surface area contributed by atoms with Gasteiger partial charge in [-0.05, 0) is 43.0 Å². The molecule has 0 radical (unpaired) electrons. The van der Waals surface area contributed by atoms with Gasteiger partial charge in [-0.1, -0.05) is 6.07 Å². The Morgan fingerprint density at radius 3 is 2.68 bits per heavy atom. The summed E-state index contributed by atoms with van der Waals surface area (Å²) in [5.74, 6) is 0.710. The topological polar surface area (TPSA) is 62.1 Å². The molecule has 1 aromatic carbocycles. The van der Waals surface area contributed by atoms with E-state index in [-0.39, 0.29) is 11.7 Å². The molecule has 1 aliphatic rings. The molecule has 1 unspecified atom stereocenters. The SMILES string of the molecule is OC(c1ccccn1)C1CCN(c2ncnc3cc(F)ccc23)CC1. The molecule has 25 heavy (non-hydrogen) atoms. The number of nitrogens with zero attached hydrogens (tertiary/aromatic N) is 4. The fourth-order valence-electron chi connectivity index (χ4n) is 3.49. The third-order valence-corrected chi connectivity index (χ3v) is 4.85. The van der Waals surface area contributed by atoms with Crippen LogP contribution in [0.25, 0.3) is 10.9 Å². The summed E-state index contributed by atoms with van der Waals surface area (Å²) in [7, 11) is 0. The number of aromatic nitrogens is 3. The number of halogens is 1. The standard InChI is InChI=1S/C19H19FN4O/c20-14-4-5-15-17(11-14)22-12-23-19(15)24-9-6-13(7-10-24)18(25)16-3-1-2-8-21-16/h1-5,8,11-13,18,25H,6-7,9-10H2. The Bertz CT molecular complexity index is 866. The zero-order valence-electron chi connectivity index (χ0n) is 13.7. The molecular formula is C19H19FN4O. The molecule has 3 heterocycles. The van der Waals surface area contributed by atoms with Crippen LogP contribution < -0.4 is 4.90 Å². The number of fused-ring (bicyclic) bond motifs is 1. The van der Waals surface area contributed by atoms with E-state index in [0.717, 1.165) is 42.8 Å². The normalized spacial score (nSPS) is 17.0. The lowest BCUT2D eigenvalue weighted by Crippen LogP contribution is -2.36. The van der Waals surface area contributed by atoms with Gasteiger partial charge in [-0.25, -0.2) is 14.4 Å². The van der Waals surface area contributed by atoms with Gasteiger partial charge in [0.15, 0.2) is 0 Å². The number of piperidine rings is 1. The van der Waals surface area contributed by atoms with Gasteiger partial charge >= 0.3 is 0 Å². The first-order chi connectivity index (χ1) is 12.2. The lowest BCUT2D eigenvalue weighted by atomic mass is 9.89. The monoisotopic (exact) mass is 338 g/mol. The van der Waals surface area contributed by atoms with Crippen LogP contribution in [-0.2, 0) is 0 Å². The van der Waals surface area contributed by atoms with E-state index in [1.165, 1.54) is 18.5 Å². The van der Waals surface area contributed by atoms with Crippen LogP contribution in [0.3, 0.4) is 0 Å². The molecular weight excluding hydrogens is 319 g/mol. The van der Waals surface area contributed by atoms with Crippen LogP contribution in [0.4, 0.5) is 10.2 Å². The van der Waals surface area contributed by atoms with E-state index in [9.17, 15) is 9.50 Å².